The van der Waals surface area contributed by atoms with Crippen LogP contribution in [0.4, 0.5) is 0 Å². The van der Waals surface area contributed by atoms with Crippen LogP contribution in [0.15, 0.2) is 0 Å². The lowest BCUT2D eigenvalue weighted by atomic mass is 10.1. The van der Waals surface area contributed by atoms with Crippen molar-refractivity contribution in [3.05, 3.63) is 0 Å². The van der Waals surface area contributed by atoms with E-state index in [9.17, 15) is 4.79 Å². The molecule has 1 atom stereocenters. The highest BCUT2D eigenvalue weighted by atomic mass is 16.4. The number of β-amino-alcohol motifs (C(OH)–C–C–N with tert-alkyl or cyclic N) is 1. The van der Waals surface area contributed by atoms with Crippen molar-refractivity contribution in [3.8, 4) is 0 Å². The molecule has 0 aromatic carbocycles. The molecule has 0 radical (unpaired) electrons. The predicted octanol–water partition coefficient (Wildman–Crippen LogP) is -0.817. The third-order valence-electron chi connectivity index (χ3n) is 1.62. The molecule has 0 amide bonds. The lowest BCUT2D eigenvalue weighted by Gasteiger charge is -2.24. The Labute approximate surface area is 77.4 Å². The van der Waals surface area contributed by atoms with Crippen LogP contribution in [0.25, 0.3) is 0 Å². The number of rotatable bonds is 6. The smallest absolute Gasteiger partial charge is 0.306 e. The van der Waals surface area contributed by atoms with Gasteiger partial charge in [0.25, 0.3) is 0 Å². The van der Waals surface area contributed by atoms with Crippen molar-refractivity contribution in [2.45, 2.75) is 31.9 Å². The molecule has 0 bridgehead atoms. The highest BCUT2D eigenvalue weighted by Gasteiger charge is 2.17. The van der Waals surface area contributed by atoms with Gasteiger partial charge < -0.3 is 20.6 Å². The van der Waals surface area contributed by atoms with Crippen LogP contribution >= 0.6 is 0 Å². The number of nitrogens with one attached hydrogen (secondary N) is 1. The minimum absolute atomic E-state index is 0.0627. The van der Waals surface area contributed by atoms with Crippen molar-refractivity contribution in [2.24, 2.45) is 0 Å². The first-order chi connectivity index (χ1) is 5.87. The van der Waals surface area contributed by atoms with Crippen LogP contribution in [0.1, 0.15) is 20.3 Å². The lowest BCUT2D eigenvalue weighted by Crippen LogP contribution is -2.46. The van der Waals surface area contributed by atoms with Gasteiger partial charge in [-0.05, 0) is 13.8 Å². The van der Waals surface area contributed by atoms with Crippen molar-refractivity contribution < 1.29 is 20.1 Å². The summed E-state index contributed by atoms with van der Waals surface area (Å²) in [7, 11) is 0. The molecule has 0 fully saturated rings. The first kappa shape index (κ1) is 12.3. The number of carboxylic acids is 1. The monoisotopic (exact) mass is 191 g/mol. The molecular weight excluding hydrogens is 174 g/mol. The Morgan fingerprint density at radius 2 is 2.08 bits per heavy atom. The summed E-state index contributed by atoms with van der Waals surface area (Å²) < 4.78 is 0. The second-order valence-electron chi connectivity index (χ2n) is 3.67. The van der Waals surface area contributed by atoms with Crippen LogP contribution < -0.4 is 5.32 Å². The molecule has 5 heteroatoms. The number of aliphatic hydroxyl groups excluding tert-OH is 2. The van der Waals surface area contributed by atoms with E-state index in [0.29, 0.717) is 0 Å². The van der Waals surface area contributed by atoms with Crippen LogP contribution in [-0.4, -0.2) is 46.1 Å². The Morgan fingerprint density at radius 3 is 2.46 bits per heavy atom. The number of hydrogen-bond acceptors (Lipinski definition) is 4. The van der Waals surface area contributed by atoms with Crippen molar-refractivity contribution in [3.63, 3.8) is 0 Å². The lowest BCUT2D eigenvalue weighted by molar-refractivity contribution is -0.139. The fraction of sp³-hybridized carbons (Fsp3) is 0.875. The van der Waals surface area contributed by atoms with Crippen LogP contribution in [0.3, 0.4) is 0 Å². The van der Waals surface area contributed by atoms with E-state index in [1.54, 1.807) is 13.8 Å². The number of aliphatic carboxylic acids is 1. The minimum Gasteiger partial charge on any atom is -0.481 e. The molecule has 0 aromatic heterocycles. The summed E-state index contributed by atoms with van der Waals surface area (Å²) >= 11 is 0. The van der Waals surface area contributed by atoms with Crippen LogP contribution in [0.5, 0.6) is 0 Å². The van der Waals surface area contributed by atoms with Crippen LogP contribution in [0.2, 0.25) is 0 Å². The summed E-state index contributed by atoms with van der Waals surface area (Å²) in [4.78, 5) is 10.2. The molecule has 0 aliphatic rings. The molecule has 0 rings (SSSR count). The van der Waals surface area contributed by atoms with Gasteiger partial charge in [0.05, 0.1) is 19.1 Å². The fourth-order valence-corrected chi connectivity index (χ4v) is 0.724. The highest BCUT2D eigenvalue weighted by molar-refractivity contribution is 5.67. The molecule has 0 spiro atoms. The number of hydrogen-bond donors (Lipinski definition) is 4. The van der Waals surface area contributed by atoms with E-state index in [1.807, 2.05) is 0 Å². The first-order valence-electron chi connectivity index (χ1n) is 4.13. The second kappa shape index (κ2) is 5.16. The molecule has 13 heavy (non-hydrogen) atoms. The Hall–Kier alpha value is -0.650. The first-order valence-corrected chi connectivity index (χ1v) is 4.13. The zero-order valence-electron chi connectivity index (χ0n) is 7.95. The Morgan fingerprint density at radius 1 is 1.54 bits per heavy atom. The van der Waals surface area contributed by atoms with Gasteiger partial charge in [-0.25, -0.2) is 0 Å². The molecule has 0 saturated heterocycles. The average molecular weight is 191 g/mol. The van der Waals surface area contributed by atoms with Gasteiger partial charge >= 0.3 is 5.97 Å². The van der Waals surface area contributed by atoms with Gasteiger partial charge in [-0.2, -0.15) is 0 Å². The summed E-state index contributed by atoms with van der Waals surface area (Å²) in [5.41, 5.74) is -0.487. The summed E-state index contributed by atoms with van der Waals surface area (Å²) in [6.45, 7) is 3.63. The van der Waals surface area contributed by atoms with E-state index in [2.05, 4.69) is 5.32 Å². The number of carboxylic acid groups (broad SMARTS) is 1. The van der Waals surface area contributed by atoms with E-state index in [0.717, 1.165) is 0 Å². The van der Waals surface area contributed by atoms with Crippen molar-refractivity contribution >= 4 is 5.97 Å². The maximum atomic E-state index is 10.2. The molecule has 5 nitrogen and oxygen atoms in total. The zero-order valence-corrected chi connectivity index (χ0v) is 7.95. The average Bonchev–Trinajstić information content (AvgIpc) is 2.00. The highest BCUT2D eigenvalue weighted by Crippen LogP contribution is 2.00. The Balaban J connectivity index is 3.69. The van der Waals surface area contributed by atoms with Gasteiger partial charge in [-0.3, -0.25) is 4.79 Å². The predicted molar refractivity (Wildman–Crippen MR) is 47.4 cm³/mol. The van der Waals surface area contributed by atoms with Crippen molar-refractivity contribution in [2.75, 3.05) is 13.2 Å². The third-order valence-corrected chi connectivity index (χ3v) is 1.62. The quantitative estimate of drug-likeness (QED) is 0.440. The normalized spacial score (nSPS) is 14.2. The Bertz CT molecular complexity index is 170. The maximum absolute atomic E-state index is 10.2. The molecule has 0 aliphatic heterocycles. The van der Waals surface area contributed by atoms with Crippen LogP contribution in [0, 0.1) is 0 Å². The summed E-state index contributed by atoms with van der Waals surface area (Å²) in [5, 5.41) is 29.2. The molecule has 0 aromatic rings. The van der Waals surface area contributed by atoms with E-state index >= 15 is 0 Å². The second-order valence-corrected chi connectivity index (χ2v) is 3.67. The fourth-order valence-electron chi connectivity index (χ4n) is 0.724. The van der Waals surface area contributed by atoms with Crippen molar-refractivity contribution in [1.82, 2.24) is 5.32 Å². The summed E-state index contributed by atoms with van der Waals surface area (Å²) in [6.07, 6.45) is -1.20. The maximum Gasteiger partial charge on any atom is 0.306 e. The minimum atomic E-state index is -1.03. The molecule has 1 unspecified atom stereocenters. The third kappa shape index (κ3) is 6.51. The molecule has 0 saturated carbocycles. The van der Waals surface area contributed by atoms with Crippen molar-refractivity contribution in [1.29, 1.82) is 0 Å². The molecule has 0 aliphatic carbocycles. The molecular formula is C8H17NO4. The largest absolute Gasteiger partial charge is 0.481 e. The van der Waals surface area contributed by atoms with Crippen LogP contribution in [-0.2, 0) is 4.79 Å². The van der Waals surface area contributed by atoms with E-state index in [4.69, 9.17) is 15.3 Å². The van der Waals surface area contributed by atoms with Gasteiger partial charge in [0.2, 0.25) is 0 Å². The summed E-state index contributed by atoms with van der Waals surface area (Å²) in [6, 6.07) is 0. The van der Waals surface area contributed by atoms with E-state index in [1.165, 1.54) is 0 Å². The van der Waals surface area contributed by atoms with Gasteiger partial charge in [0.1, 0.15) is 0 Å². The number of carbonyl (C=O) groups is 1. The molecule has 0 heterocycles. The van der Waals surface area contributed by atoms with E-state index < -0.39 is 17.6 Å². The number of aliphatic hydroxyl groups is 2. The summed E-state index contributed by atoms with van der Waals surface area (Å²) in [5.74, 6) is -1.03. The van der Waals surface area contributed by atoms with Gasteiger partial charge in [-0.15, -0.1) is 0 Å². The zero-order chi connectivity index (χ0) is 10.5. The molecule has 78 valence electrons. The Kier molecular flexibility index (Phi) is 4.90. The SMILES string of the molecule is CC(C)(CO)NCC(O)CC(=O)O. The molecule has 4 N–H and O–H groups in total. The van der Waals surface area contributed by atoms with Gasteiger partial charge in [-0.1, -0.05) is 0 Å². The van der Waals surface area contributed by atoms with E-state index in [-0.39, 0.29) is 19.6 Å². The standard InChI is InChI=1S/C8H17NO4/c1-8(2,5-10)9-4-6(11)3-7(12)13/h6,9-11H,3-5H2,1-2H3,(H,12,13). The van der Waals surface area contributed by atoms with Gasteiger partial charge in [0, 0.05) is 12.1 Å². The van der Waals surface area contributed by atoms with Gasteiger partial charge in [0.15, 0.2) is 0 Å². The topological polar surface area (TPSA) is 89.8 Å².